The van der Waals surface area contributed by atoms with Crippen LogP contribution in [-0.2, 0) is 0 Å². The predicted octanol–water partition coefficient (Wildman–Crippen LogP) is 2.80. The molecule has 0 saturated heterocycles. The van der Waals surface area contributed by atoms with Crippen LogP contribution in [0.15, 0.2) is 47.4 Å². The lowest BCUT2D eigenvalue weighted by atomic mass is 9.74. The summed E-state index contributed by atoms with van der Waals surface area (Å²) in [7, 11) is 0. The largest absolute Gasteiger partial charge is 0.484 e. The number of non-ortho nitro benzene ring substituents is 1. The molecule has 0 unspecified atom stereocenters. The van der Waals surface area contributed by atoms with Crippen molar-refractivity contribution in [2.24, 2.45) is 0 Å². The molecule has 7 nitrogen and oxygen atoms in total. The summed E-state index contributed by atoms with van der Waals surface area (Å²) in [6.45, 7) is 0. The molecule has 136 valence electrons. The van der Waals surface area contributed by atoms with Crippen LogP contribution in [0, 0.1) is 10.1 Å². The first-order valence-corrected chi connectivity index (χ1v) is 8.84. The smallest absolute Gasteiger partial charge is 0.270 e. The zero-order valence-electron chi connectivity index (χ0n) is 14.2. The quantitative estimate of drug-likeness (QED) is 0.659. The molecular weight excluding hydrogens is 336 g/mol. The Bertz CT molecular complexity index is 901. The van der Waals surface area contributed by atoms with Crippen LogP contribution in [-0.4, -0.2) is 26.3 Å². The number of nitro benzene ring substituents is 1. The Morgan fingerprint density at radius 3 is 2.65 bits per heavy atom. The van der Waals surface area contributed by atoms with Gasteiger partial charge in [-0.05, 0) is 37.8 Å². The number of aromatic nitrogens is 1. The highest BCUT2D eigenvalue weighted by molar-refractivity contribution is 5.48. The van der Waals surface area contributed by atoms with Gasteiger partial charge in [-0.25, -0.2) is 0 Å². The molecule has 0 radical (unpaired) electrons. The van der Waals surface area contributed by atoms with Gasteiger partial charge in [0.15, 0.2) is 0 Å². The summed E-state index contributed by atoms with van der Waals surface area (Å²) in [5.74, 6) is 0.503. The van der Waals surface area contributed by atoms with E-state index in [1.54, 1.807) is 24.4 Å². The molecule has 0 amide bonds. The molecule has 2 atom stereocenters. The van der Waals surface area contributed by atoms with Crippen molar-refractivity contribution in [3.8, 4) is 5.75 Å². The zero-order chi connectivity index (χ0) is 18.3. The summed E-state index contributed by atoms with van der Waals surface area (Å²) >= 11 is 0. The molecule has 1 spiro atoms. The number of ether oxygens (including phenoxy) is 1. The van der Waals surface area contributed by atoms with Crippen molar-refractivity contribution < 1.29 is 14.8 Å². The van der Waals surface area contributed by atoms with Crippen molar-refractivity contribution >= 4 is 5.69 Å². The number of aliphatic hydroxyl groups excluding tert-OH is 1. The van der Waals surface area contributed by atoms with Crippen LogP contribution in [0.1, 0.15) is 43.7 Å². The van der Waals surface area contributed by atoms with Gasteiger partial charge in [0.2, 0.25) is 0 Å². The Morgan fingerprint density at radius 1 is 1.19 bits per heavy atom. The Balaban J connectivity index is 1.91. The van der Waals surface area contributed by atoms with E-state index in [2.05, 4.69) is 0 Å². The van der Waals surface area contributed by atoms with Gasteiger partial charge in [-0.2, -0.15) is 0 Å². The molecule has 1 aromatic heterocycles. The van der Waals surface area contributed by atoms with Crippen LogP contribution in [0.4, 0.5) is 5.69 Å². The van der Waals surface area contributed by atoms with E-state index in [0.717, 1.165) is 19.3 Å². The first kappa shape index (κ1) is 16.8. The van der Waals surface area contributed by atoms with Gasteiger partial charge in [0, 0.05) is 30.0 Å². The maximum atomic E-state index is 12.4. The molecule has 1 saturated carbocycles. The van der Waals surface area contributed by atoms with Crippen molar-refractivity contribution in [3.05, 3.63) is 68.6 Å². The van der Waals surface area contributed by atoms with E-state index in [-0.39, 0.29) is 11.2 Å². The van der Waals surface area contributed by atoms with Crippen molar-refractivity contribution in [1.29, 1.82) is 0 Å². The van der Waals surface area contributed by atoms with E-state index in [9.17, 15) is 20.0 Å². The van der Waals surface area contributed by atoms with Crippen LogP contribution in [0.25, 0.3) is 0 Å². The van der Waals surface area contributed by atoms with Gasteiger partial charge in [0.05, 0.1) is 11.0 Å². The highest BCUT2D eigenvalue weighted by Gasteiger charge is 2.50. The lowest BCUT2D eigenvalue weighted by Gasteiger charge is -2.48. The molecule has 2 heterocycles. The first-order valence-electron chi connectivity index (χ1n) is 8.84. The lowest BCUT2D eigenvalue weighted by molar-refractivity contribution is -0.385. The number of aliphatic hydroxyl groups is 1. The summed E-state index contributed by atoms with van der Waals surface area (Å²) in [5, 5.41) is 22.5. The van der Waals surface area contributed by atoms with Gasteiger partial charge in [0.1, 0.15) is 17.5 Å². The van der Waals surface area contributed by atoms with E-state index in [4.69, 9.17) is 4.74 Å². The second kappa shape index (κ2) is 6.25. The van der Waals surface area contributed by atoms with Gasteiger partial charge >= 0.3 is 0 Å². The summed E-state index contributed by atoms with van der Waals surface area (Å²) in [6.07, 6.45) is 5.01. The Kier molecular flexibility index (Phi) is 4.03. The maximum absolute atomic E-state index is 12.4. The molecule has 1 aromatic carbocycles. The van der Waals surface area contributed by atoms with E-state index in [0.29, 0.717) is 24.2 Å². The number of pyridine rings is 1. The fourth-order valence-electron chi connectivity index (χ4n) is 4.23. The van der Waals surface area contributed by atoms with Gasteiger partial charge in [0.25, 0.3) is 11.2 Å². The fourth-order valence-corrected chi connectivity index (χ4v) is 4.23. The van der Waals surface area contributed by atoms with Crippen molar-refractivity contribution in [2.75, 3.05) is 0 Å². The SMILES string of the molecule is O=c1ccccn1[C@@H]1c2cc([N+](=O)[O-])ccc2OC2(CCCCC2)[C@H]1O. The van der Waals surface area contributed by atoms with Crippen LogP contribution in [0.3, 0.4) is 0 Å². The molecule has 7 heteroatoms. The summed E-state index contributed by atoms with van der Waals surface area (Å²) < 4.78 is 7.66. The summed E-state index contributed by atoms with van der Waals surface area (Å²) in [4.78, 5) is 23.2. The molecule has 1 aliphatic carbocycles. The number of nitrogens with zero attached hydrogens (tertiary/aromatic N) is 2. The van der Waals surface area contributed by atoms with E-state index < -0.39 is 22.7 Å². The van der Waals surface area contributed by atoms with Crippen LogP contribution < -0.4 is 10.3 Å². The average Bonchev–Trinajstić information content (AvgIpc) is 2.64. The molecule has 4 rings (SSSR count). The van der Waals surface area contributed by atoms with Gasteiger partial charge in [-0.1, -0.05) is 12.5 Å². The summed E-state index contributed by atoms with van der Waals surface area (Å²) in [5.41, 5.74) is -0.646. The lowest BCUT2D eigenvalue weighted by Crippen LogP contribution is -2.56. The van der Waals surface area contributed by atoms with Gasteiger partial charge in [-0.15, -0.1) is 0 Å². The van der Waals surface area contributed by atoms with Gasteiger partial charge in [-0.3, -0.25) is 14.9 Å². The average molecular weight is 356 g/mol. The normalized spacial score (nSPS) is 23.9. The Labute approximate surface area is 150 Å². The van der Waals surface area contributed by atoms with Crippen LogP contribution >= 0.6 is 0 Å². The summed E-state index contributed by atoms with van der Waals surface area (Å²) in [6, 6.07) is 8.44. The standard InChI is InChI=1S/C19H20N2O5/c22-16-6-2-5-11-20(16)17-14-12-13(21(24)25)7-8-15(14)26-19(18(17)23)9-3-1-4-10-19/h2,5-8,11-12,17-18,23H,1,3-4,9-10H2/t17-,18+/m1/s1. The fraction of sp³-hybridized carbons (Fsp3) is 0.421. The molecule has 2 aliphatic rings. The maximum Gasteiger partial charge on any atom is 0.270 e. The van der Waals surface area contributed by atoms with Crippen molar-refractivity contribution in [1.82, 2.24) is 4.57 Å². The first-order chi connectivity index (χ1) is 12.5. The number of hydrogen-bond donors (Lipinski definition) is 1. The third kappa shape index (κ3) is 2.59. The highest BCUT2D eigenvalue weighted by atomic mass is 16.6. The van der Waals surface area contributed by atoms with Crippen LogP contribution in [0.5, 0.6) is 5.75 Å². The molecule has 1 fully saturated rings. The molecule has 1 aliphatic heterocycles. The van der Waals surface area contributed by atoms with Crippen molar-refractivity contribution in [3.63, 3.8) is 0 Å². The van der Waals surface area contributed by atoms with Crippen molar-refractivity contribution in [2.45, 2.75) is 49.9 Å². The number of fused-ring (bicyclic) bond motifs is 1. The molecule has 26 heavy (non-hydrogen) atoms. The van der Waals surface area contributed by atoms with E-state index in [1.807, 2.05) is 0 Å². The number of hydrogen-bond acceptors (Lipinski definition) is 5. The van der Waals surface area contributed by atoms with E-state index >= 15 is 0 Å². The number of benzene rings is 1. The predicted molar refractivity (Wildman–Crippen MR) is 94.4 cm³/mol. The third-order valence-corrected chi connectivity index (χ3v) is 5.52. The minimum atomic E-state index is -0.961. The Morgan fingerprint density at radius 2 is 1.96 bits per heavy atom. The van der Waals surface area contributed by atoms with E-state index in [1.165, 1.54) is 22.8 Å². The Hall–Kier alpha value is -2.67. The molecule has 2 aromatic rings. The monoisotopic (exact) mass is 356 g/mol. The second-order valence-corrected chi connectivity index (χ2v) is 7.04. The molecule has 1 N–H and O–H groups in total. The molecule has 0 bridgehead atoms. The minimum absolute atomic E-state index is 0.0897. The molecular formula is C19H20N2O5. The highest BCUT2D eigenvalue weighted by Crippen LogP contribution is 2.48. The second-order valence-electron chi connectivity index (χ2n) is 7.04. The van der Waals surface area contributed by atoms with Crippen LogP contribution in [0.2, 0.25) is 0 Å². The zero-order valence-corrected chi connectivity index (χ0v) is 14.2. The number of nitro groups is 1. The third-order valence-electron chi connectivity index (χ3n) is 5.52. The topological polar surface area (TPSA) is 94.6 Å². The van der Waals surface area contributed by atoms with Gasteiger partial charge < -0.3 is 14.4 Å². The number of rotatable bonds is 2. The minimum Gasteiger partial charge on any atom is -0.484 e.